The zero-order valence-electron chi connectivity index (χ0n) is 25.2. The smallest absolute Gasteiger partial charge is 0.251 e. The van der Waals surface area contributed by atoms with Crippen LogP contribution in [0.2, 0.25) is 0 Å². The Kier molecular flexibility index (Phi) is 17.9. The van der Waals surface area contributed by atoms with Gasteiger partial charge >= 0.3 is 0 Å². The normalized spacial score (nSPS) is 24.2. The Hall–Kier alpha value is -2.16. The second kappa shape index (κ2) is 20.7. The van der Waals surface area contributed by atoms with Crippen LogP contribution < -0.4 is 10.6 Å². The highest BCUT2D eigenvalue weighted by Gasteiger charge is 2.44. The summed E-state index contributed by atoms with van der Waals surface area (Å²) in [5.41, 5.74) is 0.675. The molecule has 0 aromatic heterocycles. The second-order valence-corrected chi connectivity index (χ2v) is 11.2. The molecule has 0 saturated carbocycles. The summed E-state index contributed by atoms with van der Waals surface area (Å²) in [4.78, 5) is 24.6. The van der Waals surface area contributed by atoms with Gasteiger partial charge in [0.2, 0.25) is 5.91 Å². The highest BCUT2D eigenvalue weighted by Crippen LogP contribution is 2.22. The van der Waals surface area contributed by atoms with E-state index < -0.39 is 55.6 Å². The Morgan fingerprint density at radius 2 is 1.49 bits per heavy atom. The van der Waals surface area contributed by atoms with Crippen molar-refractivity contribution in [2.24, 2.45) is 0 Å². The first kappa shape index (κ1) is 37.0. The van der Waals surface area contributed by atoms with Gasteiger partial charge in [-0.25, -0.2) is 0 Å². The Morgan fingerprint density at radius 3 is 2.09 bits per heavy atom. The molecule has 2 rings (SSSR count). The van der Waals surface area contributed by atoms with Crippen molar-refractivity contribution in [3.63, 3.8) is 0 Å². The number of unbranched alkanes of at least 4 members (excludes halogenated alkanes) is 8. The van der Waals surface area contributed by atoms with E-state index >= 15 is 0 Å². The van der Waals surface area contributed by atoms with Gasteiger partial charge in [-0.3, -0.25) is 9.59 Å². The summed E-state index contributed by atoms with van der Waals surface area (Å²) < 4.78 is 10.8. The fourth-order valence-corrected chi connectivity index (χ4v) is 4.96. The molecule has 1 fully saturated rings. The summed E-state index contributed by atoms with van der Waals surface area (Å²) in [6, 6.07) is 8.17. The van der Waals surface area contributed by atoms with Crippen molar-refractivity contribution in [2.75, 3.05) is 19.8 Å². The zero-order chi connectivity index (χ0) is 31.6. The number of carbonyl (C=O) groups excluding carboxylic acids is 2. The van der Waals surface area contributed by atoms with Crippen molar-refractivity contribution in [2.45, 2.75) is 127 Å². The highest BCUT2D eigenvalue weighted by atomic mass is 16.7. The highest BCUT2D eigenvalue weighted by molar-refractivity contribution is 5.94. The van der Waals surface area contributed by atoms with E-state index in [2.05, 4.69) is 10.6 Å². The van der Waals surface area contributed by atoms with Crippen LogP contribution in [-0.2, 0) is 14.3 Å². The molecule has 0 bridgehead atoms. The van der Waals surface area contributed by atoms with E-state index in [-0.39, 0.29) is 31.3 Å². The number of hydrogen-bond acceptors (Lipinski definition) is 10. The average molecular weight is 613 g/mol. The largest absolute Gasteiger partial charge is 0.394 e. The van der Waals surface area contributed by atoms with Crippen molar-refractivity contribution in [1.82, 2.24) is 10.6 Å². The van der Waals surface area contributed by atoms with Gasteiger partial charge in [-0.1, -0.05) is 70.1 Å². The molecule has 2 unspecified atom stereocenters. The molecule has 8 N–H and O–H groups in total. The maximum Gasteiger partial charge on any atom is 0.251 e. The number of aliphatic hydroxyl groups excluding tert-OH is 6. The van der Waals surface area contributed by atoms with E-state index in [9.17, 15) is 40.2 Å². The average Bonchev–Trinajstić information content (AvgIpc) is 3.02. The summed E-state index contributed by atoms with van der Waals surface area (Å²) in [6.07, 6.45) is -0.350. The molecule has 12 nitrogen and oxygen atoms in total. The van der Waals surface area contributed by atoms with Gasteiger partial charge in [0.15, 0.2) is 6.29 Å². The van der Waals surface area contributed by atoms with E-state index in [4.69, 9.17) is 9.47 Å². The molecule has 2 amide bonds. The molecule has 8 atom stereocenters. The molecule has 1 aliphatic heterocycles. The summed E-state index contributed by atoms with van der Waals surface area (Å²) in [5.74, 6) is -0.356. The monoisotopic (exact) mass is 612 g/mol. The molecule has 1 heterocycles. The Morgan fingerprint density at radius 1 is 0.884 bits per heavy atom. The number of ether oxygens (including phenoxy) is 2. The lowest BCUT2D eigenvalue weighted by atomic mass is 9.99. The predicted molar refractivity (Wildman–Crippen MR) is 159 cm³/mol. The fraction of sp³-hybridized carbons (Fsp3) is 0.742. The predicted octanol–water partition coefficient (Wildman–Crippen LogP) is 0.751. The molecule has 43 heavy (non-hydrogen) atoms. The molecule has 1 aromatic rings. The molecular weight excluding hydrogens is 560 g/mol. The van der Waals surface area contributed by atoms with Crippen LogP contribution in [0.1, 0.15) is 87.9 Å². The van der Waals surface area contributed by atoms with Gasteiger partial charge in [0.1, 0.15) is 30.5 Å². The van der Waals surface area contributed by atoms with Crippen molar-refractivity contribution >= 4 is 11.8 Å². The molecule has 12 heteroatoms. The second-order valence-electron chi connectivity index (χ2n) is 11.2. The Balaban J connectivity index is 1.59. The summed E-state index contributed by atoms with van der Waals surface area (Å²) in [5, 5.41) is 65.7. The minimum Gasteiger partial charge on any atom is -0.394 e. The summed E-state index contributed by atoms with van der Waals surface area (Å²) in [6.45, 7) is 1.40. The minimum absolute atomic E-state index is 0.0408. The van der Waals surface area contributed by atoms with Gasteiger partial charge in [-0.05, 0) is 31.4 Å². The minimum atomic E-state index is -1.62. The lowest BCUT2D eigenvalue weighted by molar-refractivity contribution is -0.303. The van der Waals surface area contributed by atoms with E-state index in [0.717, 1.165) is 51.4 Å². The van der Waals surface area contributed by atoms with Gasteiger partial charge in [0.05, 0.1) is 25.4 Å². The first-order chi connectivity index (χ1) is 20.7. The maximum atomic E-state index is 12.6. The Bertz CT molecular complexity index is 906. The number of carbonyl (C=O) groups is 2. The summed E-state index contributed by atoms with van der Waals surface area (Å²) in [7, 11) is 0. The molecule has 1 saturated heterocycles. The van der Waals surface area contributed by atoms with Crippen LogP contribution in [0.4, 0.5) is 0 Å². The standard InChI is InChI=1S/C31H52N2O10/c1-2-23(35)26(37)22(20-42-31-29(40)28(39)27(38)24(19-34)43-31)33-25(36)17-13-8-6-4-3-5-7-9-14-18-32-30(41)21-15-11-10-12-16-21/h10-12,15-16,22-24,26-29,31,34-35,37-40H,2-9,13-14,17-20H2,1H3,(H,32,41)(H,33,36)/t22-,23+,24?,26-,27-,28-,29?,31-/m0/s1. The zero-order valence-corrected chi connectivity index (χ0v) is 25.2. The number of nitrogens with one attached hydrogen (secondary N) is 2. The number of benzene rings is 1. The van der Waals surface area contributed by atoms with Gasteiger partial charge in [0.25, 0.3) is 5.91 Å². The lowest BCUT2D eigenvalue weighted by Gasteiger charge is -2.40. The van der Waals surface area contributed by atoms with Crippen LogP contribution in [0.5, 0.6) is 0 Å². The van der Waals surface area contributed by atoms with E-state index in [1.165, 1.54) is 0 Å². The molecule has 1 aromatic carbocycles. The summed E-state index contributed by atoms with van der Waals surface area (Å²) >= 11 is 0. The van der Waals surface area contributed by atoms with Gasteiger partial charge in [0, 0.05) is 18.5 Å². The fourth-order valence-electron chi connectivity index (χ4n) is 4.96. The quantitative estimate of drug-likeness (QED) is 0.0917. The number of aliphatic hydroxyl groups is 6. The van der Waals surface area contributed by atoms with Gasteiger partial charge < -0.3 is 50.7 Å². The third kappa shape index (κ3) is 13.2. The van der Waals surface area contributed by atoms with Gasteiger partial charge in [-0.2, -0.15) is 0 Å². The molecule has 0 aliphatic carbocycles. The first-order valence-corrected chi connectivity index (χ1v) is 15.6. The Labute approximate surface area is 254 Å². The third-order valence-electron chi connectivity index (χ3n) is 7.76. The van der Waals surface area contributed by atoms with Crippen LogP contribution in [0.15, 0.2) is 30.3 Å². The van der Waals surface area contributed by atoms with Crippen molar-refractivity contribution in [3.8, 4) is 0 Å². The number of rotatable bonds is 21. The topological polar surface area (TPSA) is 198 Å². The first-order valence-electron chi connectivity index (χ1n) is 15.6. The molecule has 0 radical (unpaired) electrons. The molecule has 1 aliphatic rings. The number of amides is 2. The van der Waals surface area contributed by atoms with Crippen LogP contribution in [-0.4, -0.2) is 111 Å². The lowest BCUT2D eigenvalue weighted by Crippen LogP contribution is -2.60. The van der Waals surface area contributed by atoms with Crippen molar-refractivity contribution in [1.29, 1.82) is 0 Å². The van der Waals surface area contributed by atoms with Crippen molar-refractivity contribution < 1.29 is 49.7 Å². The van der Waals surface area contributed by atoms with Crippen LogP contribution in [0.3, 0.4) is 0 Å². The van der Waals surface area contributed by atoms with E-state index in [0.29, 0.717) is 18.5 Å². The number of hydrogen-bond donors (Lipinski definition) is 8. The molecule has 0 spiro atoms. The van der Waals surface area contributed by atoms with E-state index in [1.54, 1.807) is 19.1 Å². The van der Waals surface area contributed by atoms with Gasteiger partial charge in [-0.15, -0.1) is 0 Å². The maximum absolute atomic E-state index is 12.6. The third-order valence-corrected chi connectivity index (χ3v) is 7.76. The SMILES string of the molecule is CC[C@@H](O)[C@@H](O)[C@H](CO[C@H]1OC(CO)[C@H](O)[C@H](O)C1O)NC(=O)CCCCCCCCCCCNC(=O)c1ccccc1. The van der Waals surface area contributed by atoms with Crippen molar-refractivity contribution in [3.05, 3.63) is 35.9 Å². The van der Waals surface area contributed by atoms with E-state index in [1.807, 2.05) is 18.2 Å². The molecule has 246 valence electrons. The van der Waals surface area contributed by atoms with Crippen LogP contribution >= 0.6 is 0 Å². The van der Waals surface area contributed by atoms with Crippen LogP contribution in [0, 0.1) is 0 Å². The molecular formula is C31H52N2O10. The van der Waals surface area contributed by atoms with Crippen LogP contribution in [0.25, 0.3) is 0 Å².